The first kappa shape index (κ1) is 15.4. The highest BCUT2D eigenvalue weighted by molar-refractivity contribution is 5.78. The van der Waals surface area contributed by atoms with E-state index < -0.39 is 11.5 Å². The maximum Gasteiger partial charge on any atom is 0.323 e. The van der Waals surface area contributed by atoms with Crippen LogP contribution < -0.4 is 5.32 Å². The fourth-order valence-corrected chi connectivity index (χ4v) is 2.63. The molecular formula is C14H28N2O2. The Morgan fingerprint density at radius 3 is 2.56 bits per heavy atom. The first-order valence-electron chi connectivity index (χ1n) is 7.07. The molecule has 0 aromatic rings. The second-order valence-electron chi connectivity index (χ2n) is 5.96. The lowest BCUT2D eigenvalue weighted by atomic mass is 9.84. The Labute approximate surface area is 111 Å². The first-order chi connectivity index (χ1) is 8.39. The fourth-order valence-electron chi connectivity index (χ4n) is 2.63. The largest absolute Gasteiger partial charge is 0.480 e. The van der Waals surface area contributed by atoms with E-state index in [1.807, 2.05) is 6.92 Å². The topological polar surface area (TPSA) is 52.6 Å². The van der Waals surface area contributed by atoms with Gasteiger partial charge in [-0.1, -0.05) is 13.3 Å². The van der Waals surface area contributed by atoms with Crippen LogP contribution in [0.1, 0.15) is 46.5 Å². The van der Waals surface area contributed by atoms with Crippen molar-refractivity contribution in [3.8, 4) is 0 Å². The second kappa shape index (κ2) is 6.53. The van der Waals surface area contributed by atoms with Gasteiger partial charge in [0.2, 0.25) is 0 Å². The molecule has 0 aliphatic heterocycles. The molecule has 4 nitrogen and oxygen atoms in total. The number of hydrogen-bond donors (Lipinski definition) is 2. The van der Waals surface area contributed by atoms with Gasteiger partial charge in [0.15, 0.2) is 0 Å². The highest BCUT2D eigenvalue weighted by Gasteiger charge is 2.35. The molecule has 18 heavy (non-hydrogen) atoms. The number of carboxylic acid groups (broad SMARTS) is 1. The van der Waals surface area contributed by atoms with Gasteiger partial charge in [0.05, 0.1) is 0 Å². The van der Waals surface area contributed by atoms with Crippen molar-refractivity contribution in [1.82, 2.24) is 10.2 Å². The summed E-state index contributed by atoms with van der Waals surface area (Å²) < 4.78 is 0. The van der Waals surface area contributed by atoms with Crippen molar-refractivity contribution < 1.29 is 9.90 Å². The molecular weight excluding hydrogens is 228 g/mol. The van der Waals surface area contributed by atoms with E-state index in [9.17, 15) is 9.90 Å². The van der Waals surface area contributed by atoms with Crippen molar-refractivity contribution in [2.24, 2.45) is 5.92 Å². The predicted molar refractivity (Wildman–Crippen MR) is 73.8 cm³/mol. The minimum atomic E-state index is -0.817. The minimum absolute atomic E-state index is 0.283. The lowest BCUT2D eigenvalue weighted by Crippen LogP contribution is -2.53. The van der Waals surface area contributed by atoms with E-state index in [-0.39, 0.29) is 6.04 Å². The number of aliphatic carboxylic acids is 1. The van der Waals surface area contributed by atoms with E-state index in [1.165, 1.54) is 19.3 Å². The fraction of sp³-hybridized carbons (Fsp3) is 0.929. The standard InChI is InChI=1S/C14H28N2O2/c1-5-15-14(3,13(17)18)9-11(2)16(4)10-12-7-6-8-12/h11-12,15H,5-10H2,1-4H3,(H,17,18). The SMILES string of the molecule is CCNC(C)(CC(C)N(C)CC1CCC1)C(=O)O. The monoisotopic (exact) mass is 256 g/mol. The van der Waals surface area contributed by atoms with E-state index in [1.54, 1.807) is 6.92 Å². The molecule has 0 bridgehead atoms. The van der Waals surface area contributed by atoms with Crippen molar-refractivity contribution in [2.75, 3.05) is 20.1 Å². The van der Waals surface area contributed by atoms with Gasteiger partial charge < -0.3 is 15.3 Å². The molecule has 2 atom stereocenters. The van der Waals surface area contributed by atoms with Crippen LogP contribution in [-0.4, -0.2) is 47.7 Å². The summed E-state index contributed by atoms with van der Waals surface area (Å²) in [5.74, 6) is 0.0703. The zero-order valence-electron chi connectivity index (χ0n) is 12.2. The molecule has 0 heterocycles. The van der Waals surface area contributed by atoms with Gasteiger partial charge >= 0.3 is 5.97 Å². The van der Waals surface area contributed by atoms with Gasteiger partial charge in [-0.2, -0.15) is 0 Å². The van der Waals surface area contributed by atoms with Crippen molar-refractivity contribution >= 4 is 5.97 Å². The zero-order valence-corrected chi connectivity index (χ0v) is 12.2. The van der Waals surface area contributed by atoms with Gasteiger partial charge in [-0.05, 0) is 52.6 Å². The normalized spacial score (nSPS) is 21.4. The third kappa shape index (κ3) is 3.95. The second-order valence-corrected chi connectivity index (χ2v) is 5.96. The molecule has 0 radical (unpaired) electrons. The van der Waals surface area contributed by atoms with Crippen LogP contribution in [0.25, 0.3) is 0 Å². The summed E-state index contributed by atoms with van der Waals surface area (Å²) >= 11 is 0. The molecule has 2 N–H and O–H groups in total. The molecule has 106 valence electrons. The van der Waals surface area contributed by atoms with Crippen LogP contribution in [0.4, 0.5) is 0 Å². The summed E-state index contributed by atoms with van der Waals surface area (Å²) in [5, 5.41) is 12.5. The Bertz CT molecular complexity index is 279. The quantitative estimate of drug-likeness (QED) is 0.697. The van der Waals surface area contributed by atoms with Crippen LogP contribution in [0.15, 0.2) is 0 Å². The first-order valence-corrected chi connectivity index (χ1v) is 7.07. The molecule has 0 aromatic heterocycles. The molecule has 0 amide bonds. The van der Waals surface area contributed by atoms with E-state index in [0.29, 0.717) is 13.0 Å². The molecule has 1 aliphatic carbocycles. The third-order valence-electron chi connectivity index (χ3n) is 4.27. The summed E-state index contributed by atoms with van der Waals surface area (Å²) in [5.41, 5.74) is -0.817. The van der Waals surface area contributed by atoms with E-state index in [2.05, 4.69) is 24.2 Å². The summed E-state index contributed by atoms with van der Waals surface area (Å²) in [4.78, 5) is 13.7. The molecule has 2 unspecified atom stereocenters. The average molecular weight is 256 g/mol. The molecule has 4 heteroatoms. The van der Waals surface area contributed by atoms with Crippen LogP contribution in [0.3, 0.4) is 0 Å². The number of carbonyl (C=O) groups is 1. The van der Waals surface area contributed by atoms with Crippen LogP contribution in [-0.2, 0) is 4.79 Å². The Morgan fingerprint density at radius 2 is 2.17 bits per heavy atom. The van der Waals surface area contributed by atoms with Crippen molar-refractivity contribution in [3.05, 3.63) is 0 Å². The van der Waals surface area contributed by atoms with Gasteiger partial charge in [0.1, 0.15) is 5.54 Å². The Balaban J connectivity index is 2.48. The lowest BCUT2D eigenvalue weighted by Gasteiger charge is -2.37. The summed E-state index contributed by atoms with van der Waals surface area (Å²) in [6.45, 7) is 7.64. The maximum absolute atomic E-state index is 11.4. The molecule has 1 saturated carbocycles. The molecule has 1 fully saturated rings. The Morgan fingerprint density at radius 1 is 1.56 bits per heavy atom. The summed E-state index contributed by atoms with van der Waals surface area (Å²) in [6.07, 6.45) is 4.66. The van der Waals surface area contributed by atoms with E-state index >= 15 is 0 Å². The van der Waals surface area contributed by atoms with Crippen molar-refractivity contribution in [2.45, 2.75) is 58.0 Å². The number of rotatable bonds is 8. The smallest absolute Gasteiger partial charge is 0.323 e. The Kier molecular flexibility index (Phi) is 5.60. The predicted octanol–water partition coefficient (Wildman–Crippen LogP) is 1.95. The van der Waals surface area contributed by atoms with Gasteiger partial charge in [-0.15, -0.1) is 0 Å². The zero-order chi connectivity index (χ0) is 13.8. The number of hydrogen-bond acceptors (Lipinski definition) is 3. The van der Waals surface area contributed by atoms with Crippen LogP contribution >= 0.6 is 0 Å². The van der Waals surface area contributed by atoms with Crippen molar-refractivity contribution in [3.63, 3.8) is 0 Å². The highest BCUT2D eigenvalue weighted by Crippen LogP contribution is 2.28. The third-order valence-corrected chi connectivity index (χ3v) is 4.27. The number of carboxylic acids is 1. The van der Waals surface area contributed by atoms with Gasteiger partial charge in [0, 0.05) is 12.6 Å². The van der Waals surface area contributed by atoms with E-state index in [4.69, 9.17) is 0 Å². The number of nitrogens with zero attached hydrogens (tertiary/aromatic N) is 1. The highest BCUT2D eigenvalue weighted by atomic mass is 16.4. The molecule has 0 saturated heterocycles. The number of likely N-dealkylation sites (N-methyl/N-ethyl adjacent to an activating group) is 1. The van der Waals surface area contributed by atoms with E-state index in [0.717, 1.165) is 12.5 Å². The summed E-state index contributed by atoms with van der Waals surface area (Å²) in [7, 11) is 2.11. The molecule has 0 spiro atoms. The molecule has 1 aliphatic rings. The maximum atomic E-state index is 11.4. The molecule has 0 aromatic carbocycles. The molecule has 1 rings (SSSR count). The number of nitrogens with one attached hydrogen (secondary N) is 1. The average Bonchev–Trinajstić information content (AvgIpc) is 2.23. The summed E-state index contributed by atoms with van der Waals surface area (Å²) in [6, 6.07) is 0.283. The lowest BCUT2D eigenvalue weighted by molar-refractivity contribution is -0.145. The van der Waals surface area contributed by atoms with Crippen LogP contribution in [0.2, 0.25) is 0 Å². The minimum Gasteiger partial charge on any atom is -0.480 e. The van der Waals surface area contributed by atoms with Crippen molar-refractivity contribution in [1.29, 1.82) is 0 Å². The van der Waals surface area contributed by atoms with Gasteiger partial charge in [-0.25, -0.2) is 0 Å². The van der Waals surface area contributed by atoms with Gasteiger partial charge in [0.25, 0.3) is 0 Å². The Hall–Kier alpha value is -0.610. The van der Waals surface area contributed by atoms with Gasteiger partial charge in [-0.3, -0.25) is 4.79 Å². The van der Waals surface area contributed by atoms with Crippen LogP contribution in [0, 0.1) is 5.92 Å². The van der Waals surface area contributed by atoms with Crippen LogP contribution in [0.5, 0.6) is 0 Å².